The van der Waals surface area contributed by atoms with Gasteiger partial charge < -0.3 is 5.11 Å². The molecule has 4 nitrogen and oxygen atoms in total. The highest BCUT2D eigenvalue weighted by Crippen LogP contribution is 2.19. The molecule has 15 heavy (non-hydrogen) atoms. The number of carboxylic acids is 1. The van der Waals surface area contributed by atoms with Gasteiger partial charge in [-0.05, 0) is 18.2 Å². The first-order valence-electron chi connectivity index (χ1n) is 4.38. The normalized spacial score (nSPS) is 9.87. The van der Waals surface area contributed by atoms with Crippen LogP contribution in [-0.4, -0.2) is 21.0 Å². The molecule has 0 amide bonds. The fourth-order valence-corrected chi connectivity index (χ4v) is 1.31. The molecule has 2 aromatic heterocycles. The first kappa shape index (κ1) is 9.33. The van der Waals surface area contributed by atoms with E-state index in [1.807, 2.05) is 0 Å². The summed E-state index contributed by atoms with van der Waals surface area (Å²) in [4.78, 5) is 18.9. The summed E-state index contributed by atoms with van der Waals surface area (Å²) in [5.74, 6) is -0.974. The van der Waals surface area contributed by atoms with Gasteiger partial charge in [-0.3, -0.25) is 9.97 Å². The molecule has 0 aliphatic carbocycles. The molecule has 1 N–H and O–H groups in total. The minimum Gasteiger partial charge on any atom is -0.478 e. The van der Waals surface area contributed by atoms with E-state index in [0.29, 0.717) is 11.3 Å². The molecule has 0 atom stereocenters. The third-order valence-electron chi connectivity index (χ3n) is 1.99. The summed E-state index contributed by atoms with van der Waals surface area (Å²) in [6, 6.07) is 6.80. The third kappa shape index (κ3) is 1.83. The Hall–Kier alpha value is -2.23. The Balaban J connectivity index is 2.58. The van der Waals surface area contributed by atoms with Gasteiger partial charge in [0.05, 0.1) is 11.3 Å². The topological polar surface area (TPSA) is 63.1 Å². The zero-order valence-electron chi connectivity index (χ0n) is 7.79. The van der Waals surface area contributed by atoms with Crippen molar-refractivity contribution in [3.63, 3.8) is 0 Å². The van der Waals surface area contributed by atoms with Gasteiger partial charge in [0.1, 0.15) is 0 Å². The minimum atomic E-state index is -0.974. The van der Waals surface area contributed by atoms with Crippen LogP contribution in [0.3, 0.4) is 0 Å². The zero-order chi connectivity index (χ0) is 10.7. The van der Waals surface area contributed by atoms with Gasteiger partial charge in [0.2, 0.25) is 0 Å². The van der Waals surface area contributed by atoms with Crippen molar-refractivity contribution < 1.29 is 9.90 Å². The average molecular weight is 200 g/mol. The number of carboxylic acid groups (broad SMARTS) is 1. The van der Waals surface area contributed by atoms with E-state index in [9.17, 15) is 4.79 Å². The minimum absolute atomic E-state index is 0.212. The average Bonchev–Trinajstić information content (AvgIpc) is 2.30. The molecule has 2 rings (SSSR count). The molecule has 74 valence electrons. The maximum absolute atomic E-state index is 10.9. The fraction of sp³-hybridized carbons (Fsp3) is 0. The highest BCUT2D eigenvalue weighted by atomic mass is 16.4. The van der Waals surface area contributed by atoms with Crippen LogP contribution in [0.5, 0.6) is 0 Å². The van der Waals surface area contributed by atoms with Gasteiger partial charge in [-0.25, -0.2) is 4.79 Å². The van der Waals surface area contributed by atoms with Crippen LogP contribution in [0.1, 0.15) is 10.4 Å². The van der Waals surface area contributed by atoms with E-state index in [1.54, 1.807) is 24.4 Å². The van der Waals surface area contributed by atoms with E-state index >= 15 is 0 Å². The molecule has 0 spiro atoms. The van der Waals surface area contributed by atoms with Crippen LogP contribution in [0.4, 0.5) is 0 Å². The van der Waals surface area contributed by atoms with Crippen molar-refractivity contribution in [1.82, 2.24) is 9.97 Å². The van der Waals surface area contributed by atoms with Crippen LogP contribution in [0.15, 0.2) is 42.9 Å². The summed E-state index contributed by atoms with van der Waals surface area (Å²) in [5, 5.41) is 8.97. The van der Waals surface area contributed by atoms with E-state index in [-0.39, 0.29) is 5.56 Å². The number of aromatic carboxylic acids is 1. The molecule has 0 radical (unpaired) electrons. The van der Waals surface area contributed by atoms with Crippen molar-refractivity contribution >= 4 is 5.97 Å². The summed E-state index contributed by atoms with van der Waals surface area (Å²) in [5.41, 5.74) is 1.36. The Morgan fingerprint density at radius 1 is 1.20 bits per heavy atom. The molecule has 4 heteroatoms. The van der Waals surface area contributed by atoms with Crippen LogP contribution >= 0.6 is 0 Å². The highest BCUT2D eigenvalue weighted by molar-refractivity contribution is 5.95. The van der Waals surface area contributed by atoms with E-state index in [2.05, 4.69) is 9.97 Å². The van der Waals surface area contributed by atoms with Gasteiger partial charge >= 0.3 is 5.97 Å². The number of carbonyl (C=O) groups is 1. The third-order valence-corrected chi connectivity index (χ3v) is 1.99. The Kier molecular flexibility index (Phi) is 2.41. The largest absolute Gasteiger partial charge is 0.478 e. The first-order valence-corrected chi connectivity index (χ1v) is 4.38. The van der Waals surface area contributed by atoms with Crippen molar-refractivity contribution in [3.05, 3.63) is 48.4 Å². The van der Waals surface area contributed by atoms with Crippen molar-refractivity contribution in [2.75, 3.05) is 0 Å². The zero-order valence-corrected chi connectivity index (χ0v) is 7.79. The molecular formula is C11H8N2O2. The summed E-state index contributed by atoms with van der Waals surface area (Å²) in [6.45, 7) is 0. The van der Waals surface area contributed by atoms with Gasteiger partial charge in [-0.1, -0.05) is 6.07 Å². The monoisotopic (exact) mass is 200 g/mol. The Morgan fingerprint density at radius 2 is 2.07 bits per heavy atom. The molecule has 0 saturated carbocycles. The van der Waals surface area contributed by atoms with Gasteiger partial charge in [0, 0.05) is 24.2 Å². The molecule has 0 bridgehead atoms. The van der Waals surface area contributed by atoms with Crippen molar-refractivity contribution in [2.45, 2.75) is 0 Å². The van der Waals surface area contributed by atoms with Gasteiger partial charge in [-0.15, -0.1) is 0 Å². The second-order valence-corrected chi connectivity index (χ2v) is 2.94. The van der Waals surface area contributed by atoms with E-state index in [0.717, 1.165) is 0 Å². The molecule has 0 aromatic carbocycles. The molecule has 0 fully saturated rings. The van der Waals surface area contributed by atoms with E-state index in [1.165, 1.54) is 18.5 Å². The Morgan fingerprint density at radius 3 is 2.73 bits per heavy atom. The molecule has 2 aromatic rings. The molecule has 0 unspecified atom stereocenters. The molecule has 2 heterocycles. The summed E-state index contributed by atoms with van der Waals surface area (Å²) in [7, 11) is 0. The Labute approximate surface area is 86.2 Å². The standard InChI is InChI=1S/C11H8N2O2/c14-11(15)8-4-6-12-7-9(8)10-3-1-2-5-13-10/h1-7H,(H,14,15). The summed E-state index contributed by atoms with van der Waals surface area (Å²) < 4.78 is 0. The van der Waals surface area contributed by atoms with Crippen molar-refractivity contribution in [3.8, 4) is 11.3 Å². The molecule has 0 saturated heterocycles. The lowest BCUT2D eigenvalue weighted by atomic mass is 10.1. The van der Waals surface area contributed by atoms with Crippen LogP contribution in [0, 0.1) is 0 Å². The molecule has 0 aliphatic heterocycles. The highest BCUT2D eigenvalue weighted by Gasteiger charge is 2.11. The van der Waals surface area contributed by atoms with Crippen molar-refractivity contribution in [1.29, 1.82) is 0 Å². The SMILES string of the molecule is O=C(O)c1ccncc1-c1ccccn1. The van der Waals surface area contributed by atoms with Crippen LogP contribution in [0.2, 0.25) is 0 Å². The number of nitrogens with zero attached hydrogens (tertiary/aromatic N) is 2. The predicted molar refractivity (Wildman–Crippen MR) is 54.4 cm³/mol. The number of aromatic nitrogens is 2. The lowest BCUT2D eigenvalue weighted by Gasteiger charge is -2.03. The van der Waals surface area contributed by atoms with Gasteiger partial charge in [-0.2, -0.15) is 0 Å². The first-order chi connectivity index (χ1) is 7.29. The predicted octanol–water partition coefficient (Wildman–Crippen LogP) is 1.84. The maximum atomic E-state index is 10.9. The molecular weight excluding hydrogens is 192 g/mol. The quantitative estimate of drug-likeness (QED) is 0.803. The van der Waals surface area contributed by atoms with E-state index in [4.69, 9.17) is 5.11 Å². The van der Waals surface area contributed by atoms with Crippen LogP contribution in [-0.2, 0) is 0 Å². The second-order valence-electron chi connectivity index (χ2n) is 2.94. The van der Waals surface area contributed by atoms with Gasteiger partial charge in [0.15, 0.2) is 0 Å². The number of pyridine rings is 2. The lowest BCUT2D eigenvalue weighted by Crippen LogP contribution is -2.00. The van der Waals surface area contributed by atoms with E-state index < -0.39 is 5.97 Å². The second kappa shape index (κ2) is 3.88. The fourth-order valence-electron chi connectivity index (χ4n) is 1.31. The number of rotatable bonds is 2. The molecule has 0 aliphatic rings. The number of hydrogen-bond donors (Lipinski definition) is 1. The van der Waals surface area contributed by atoms with Crippen LogP contribution in [0.25, 0.3) is 11.3 Å². The maximum Gasteiger partial charge on any atom is 0.336 e. The summed E-state index contributed by atoms with van der Waals surface area (Å²) >= 11 is 0. The number of hydrogen-bond acceptors (Lipinski definition) is 3. The van der Waals surface area contributed by atoms with Gasteiger partial charge in [0.25, 0.3) is 0 Å². The smallest absolute Gasteiger partial charge is 0.336 e. The summed E-state index contributed by atoms with van der Waals surface area (Å²) in [6.07, 6.45) is 4.58. The Bertz CT molecular complexity index is 483. The van der Waals surface area contributed by atoms with Crippen LogP contribution < -0.4 is 0 Å². The lowest BCUT2D eigenvalue weighted by molar-refractivity contribution is 0.0697. The van der Waals surface area contributed by atoms with Crippen molar-refractivity contribution in [2.24, 2.45) is 0 Å².